The second kappa shape index (κ2) is 7.12. The standard InChI is InChI=1S/C21H20N2O6/c1-11(28-14-5-7-17-15(9-14)22-19(24)10-27-17)20(25)13-4-6-18-16(8-13)23(3)21(26)12(2)29-18/h4-9,11-12H,10H2,1-3H3,(H,22,24). The van der Waals surface area contributed by atoms with Crippen LogP contribution >= 0.6 is 0 Å². The minimum Gasteiger partial charge on any atom is -0.482 e. The maximum Gasteiger partial charge on any atom is 0.267 e. The first-order valence-electron chi connectivity index (χ1n) is 9.19. The van der Waals surface area contributed by atoms with Crippen molar-refractivity contribution in [3.63, 3.8) is 0 Å². The summed E-state index contributed by atoms with van der Waals surface area (Å²) in [5.41, 5.74) is 1.45. The van der Waals surface area contributed by atoms with E-state index in [2.05, 4.69) is 5.32 Å². The highest BCUT2D eigenvalue weighted by atomic mass is 16.5. The fourth-order valence-corrected chi connectivity index (χ4v) is 3.29. The van der Waals surface area contributed by atoms with E-state index in [1.165, 1.54) is 4.90 Å². The Morgan fingerprint density at radius 2 is 1.97 bits per heavy atom. The summed E-state index contributed by atoms with van der Waals surface area (Å²) >= 11 is 0. The van der Waals surface area contributed by atoms with Crippen molar-refractivity contribution in [1.82, 2.24) is 0 Å². The van der Waals surface area contributed by atoms with Crippen LogP contribution < -0.4 is 24.4 Å². The van der Waals surface area contributed by atoms with Gasteiger partial charge in [-0.05, 0) is 44.2 Å². The molecular weight excluding hydrogens is 376 g/mol. The summed E-state index contributed by atoms with van der Waals surface area (Å²) < 4.78 is 16.7. The number of fused-ring (bicyclic) bond motifs is 2. The number of ether oxygens (including phenoxy) is 3. The predicted molar refractivity (Wildman–Crippen MR) is 105 cm³/mol. The molecule has 0 saturated carbocycles. The second-order valence-corrected chi connectivity index (χ2v) is 6.96. The van der Waals surface area contributed by atoms with Crippen molar-refractivity contribution in [2.45, 2.75) is 26.1 Å². The highest BCUT2D eigenvalue weighted by molar-refractivity contribution is 6.04. The van der Waals surface area contributed by atoms with Crippen LogP contribution in [0, 0.1) is 0 Å². The summed E-state index contributed by atoms with van der Waals surface area (Å²) in [6.07, 6.45) is -1.35. The average Bonchev–Trinajstić information content (AvgIpc) is 2.71. The zero-order valence-electron chi connectivity index (χ0n) is 16.2. The molecule has 29 heavy (non-hydrogen) atoms. The maximum absolute atomic E-state index is 12.9. The van der Waals surface area contributed by atoms with Gasteiger partial charge in [-0.15, -0.1) is 0 Å². The summed E-state index contributed by atoms with van der Waals surface area (Å²) in [5, 5.41) is 2.70. The van der Waals surface area contributed by atoms with Crippen LogP contribution in [0.3, 0.4) is 0 Å². The van der Waals surface area contributed by atoms with Gasteiger partial charge in [0.2, 0.25) is 5.78 Å². The fourth-order valence-electron chi connectivity index (χ4n) is 3.29. The van der Waals surface area contributed by atoms with Crippen LogP contribution in [0.25, 0.3) is 0 Å². The van der Waals surface area contributed by atoms with Crippen molar-refractivity contribution in [1.29, 1.82) is 0 Å². The minimum absolute atomic E-state index is 0.0279. The Balaban J connectivity index is 1.52. The smallest absolute Gasteiger partial charge is 0.267 e. The van der Waals surface area contributed by atoms with Crippen LogP contribution in [-0.4, -0.2) is 43.5 Å². The number of hydrogen-bond acceptors (Lipinski definition) is 6. The van der Waals surface area contributed by atoms with Gasteiger partial charge in [0.15, 0.2) is 18.8 Å². The molecule has 2 aromatic rings. The lowest BCUT2D eigenvalue weighted by atomic mass is 10.0. The van der Waals surface area contributed by atoms with Gasteiger partial charge in [0.1, 0.15) is 17.2 Å². The van der Waals surface area contributed by atoms with E-state index in [1.807, 2.05) is 0 Å². The molecule has 2 unspecified atom stereocenters. The van der Waals surface area contributed by atoms with Crippen molar-refractivity contribution >= 4 is 29.0 Å². The molecule has 2 aliphatic rings. The first-order valence-corrected chi connectivity index (χ1v) is 9.19. The Labute approximate surface area is 167 Å². The number of nitrogens with one attached hydrogen (secondary N) is 1. The van der Waals surface area contributed by atoms with E-state index in [9.17, 15) is 14.4 Å². The van der Waals surface area contributed by atoms with Gasteiger partial charge in [0, 0.05) is 18.7 Å². The normalized spacial score (nSPS) is 18.6. The van der Waals surface area contributed by atoms with Gasteiger partial charge < -0.3 is 24.4 Å². The lowest BCUT2D eigenvalue weighted by Crippen LogP contribution is -2.42. The third-order valence-corrected chi connectivity index (χ3v) is 4.85. The molecule has 150 valence electrons. The van der Waals surface area contributed by atoms with E-state index in [0.717, 1.165) is 0 Å². The minimum atomic E-state index is -0.782. The largest absolute Gasteiger partial charge is 0.482 e. The van der Waals surface area contributed by atoms with Crippen molar-refractivity contribution in [2.75, 3.05) is 23.9 Å². The van der Waals surface area contributed by atoms with Crippen molar-refractivity contribution in [2.24, 2.45) is 0 Å². The van der Waals surface area contributed by atoms with E-state index in [4.69, 9.17) is 14.2 Å². The molecular formula is C21H20N2O6. The molecule has 0 spiro atoms. The molecule has 0 bridgehead atoms. The number of Topliss-reactive ketones (excluding diaryl/α,β-unsaturated/α-hetero) is 1. The van der Waals surface area contributed by atoms with Crippen LogP contribution in [0.1, 0.15) is 24.2 Å². The molecule has 0 aromatic heterocycles. The van der Waals surface area contributed by atoms with E-state index < -0.39 is 12.2 Å². The second-order valence-electron chi connectivity index (χ2n) is 6.96. The molecule has 2 amide bonds. The maximum atomic E-state index is 12.9. The van der Waals surface area contributed by atoms with E-state index in [0.29, 0.717) is 34.2 Å². The fraction of sp³-hybridized carbons (Fsp3) is 0.286. The van der Waals surface area contributed by atoms with Gasteiger partial charge in [0.05, 0.1) is 11.4 Å². The topological polar surface area (TPSA) is 94.2 Å². The first kappa shape index (κ1) is 18.8. The van der Waals surface area contributed by atoms with Crippen molar-refractivity contribution in [3.05, 3.63) is 42.0 Å². The van der Waals surface area contributed by atoms with Gasteiger partial charge in [-0.1, -0.05) is 0 Å². The zero-order valence-corrected chi connectivity index (χ0v) is 16.2. The van der Waals surface area contributed by atoms with Crippen LogP contribution in [0.5, 0.6) is 17.2 Å². The van der Waals surface area contributed by atoms with Gasteiger partial charge in [-0.25, -0.2) is 0 Å². The number of benzene rings is 2. The number of amides is 2. The molecule has 8 heteroatoms. The van der Waals surface area contributed by atoms with Crippen molar-refractivity contribution in [3.8, 4) is 17.2 Å². The lowest BCUT2D eigenvalue weighted by molar-refractivity contribution is -0.125. The third kappa shape index (κ3) is 3.49. The number of nitrogens with zero attached hydrogens (tertiary/aromatic N) is 1. The molecule has 8 nitrogen and oxygen atoms in total. The number of carbonyl (C=O) groups excluding carboxylic acids is 3. The molecule has 2 heterocycles. The number of anilines is 2. The Hall–Kier alpha value is -3.55. The molecule has 2 aromatic carbocycles. The molecule has 0 aliphatic carbocycles. The molecule has 0 radical (unpaired) electrons. The van der Waals surface area contributed by atoms with Gasteiger partial charge >= 0.3 is 0 Å². The van der Waals surface area contributed by atoms with Crippen molar-refractivity contribution < 1.29 is 28.6 Å². The highest BCUT2D eigenvalue weighted by Gasteiger charge is 2.30. The summed E-state index contributed by atoms with van der Waals surface area (Å²) in [7, 11) is 1.65. The van der Waals surface area contributed by atoms with Gasteiger partial charge in [-0.2, -0.15) is 0 Å². The SMILES string of the molecule is CC(Oc1ccc2c(c1)NC(=O)CO2)C(=O)c1ccc2c(c1)N(C)C(=O)C(C)O2. The Morgan fingerprint density at radius 1 is 1.21 bits per heavy atom. The van der Waals surface area contributed by atoms with Gasteiger partial charge in [0.25, 0.3) is 11.8 Å². The zero-order chi connectivity index (χ0) is 20.7. The summed E-state index contributed by atoms with van der Waals surface area (Å²) in [6, 6.07) is 9.93. The molecule has 4 rings (SSSR count). The monoisotopic (exact) mass is 396 g/mol. The molecule has 0 saturated heterocycles. The molecule has 2 aliphatic heterocycles. The van der Waals surface area contributed by atoms with Crippen LogP contribution in [0.4, 0.5) is 11.4 Å². The lowest BCUT2D eigenvalue weighted by Gasteiger charge is -2.30. The number of ketones is 1. The van der Waals surface area contributed by atoms with Gasteiger partial charge in [-0.3, -0.25) is 14.4 Å². The number of likely N-dealkylation sites (N-methyl/N-ethyl adjacent to an activating group) is 1. The summed E-state index contributed by atoms with van der Waals surface area (Å²) in [4.78, 5) is 38.0. The predicted octanol–water partition coefficient (Wildman–Crippen LogP) is 2.41. The number of hydrogen-bond donors (Lipinski definition) is 1. The molecule has 2 atom stereocenters. The Kier molecular flexibility index (Phi) is 4.62. The molecule has 1 N–H and O–H groups in total. The van der Waals surface area contributed by atoms with Crippen LogP contribution in [-0.2, 0) is 9.59 Å². The number of carbonyl (C=O) groups is 3. The summed E-state index contributed by atoms with van der Waals surface area (Å²) in [6.45, 7) is 3.30. The summed E-state index contributed by atoms with van der Waals surface area (Å²) in [5.74, 6) is 0.860. The highest BCUT2D eigenvalue weighted by Crippen LogP contribution is 2.35. The third-order valence-electron chi connectivity index (χ3n) is 4.85. The quantitative estimate of drug-likeness (QED) is 0.798. The molecule has 0 fully saturated rings. The first-order chi connectivity index (χ1) is 13.8. The Morgan fingerprint density at radius 3 is 2.76 bits per heavy atom. The van der Waals surface area contributed by atoms with E-state index in [1.54, 1.807) is 57.3 Å². The van der Waals surface area contributed by atoms with Crippen LogP contribution in [0.2, 0.25) is 0 Å². The number of rotatable bonds is 4. The Bertz CT molecular complexity index is 1020. The van der Waals surface area contributed by atoms with E-state index >= 15 is 0 Å². The van der Waals surface area contributed by atoms with E-state index in [-0.39, 0.29) is 24.2 Å². The average molecular weight is 396 g/mol. The van der Waals surface area contributed by atoms with Crippen LogP contribution in [0.15, 0.2) is 36.4 Å².